The van der Waals surface area contributed by atoms with Gasteiger partial charge in [0.1, 0.15) is 11.4 Å². The number of piperidine rings is 1. The van der Waals surface area contributed by atoms with Gasteiger partial charge in [0.05, 0.1) is 35.8 Å². The summed E-state index contributed by atoms with van der Waals surface area (Å²) < 4.78 is 35.4. The Morgan fingerprint density at radius 1 is 1.12 bits per heavy atom. The monoisotopic (exact) mass is 476 g/mol. The van der Waals surface area contributed by atoms with Crippen molar-refractivity contribution in [3.8, 4) is 17.0 Å². The van der Waals surface area contributed by atoms with Crippen LogP contribution < -0.4 is 4.74 Å². The summed E-state index contributed by atoms with van der Waals surface area (Å²) >= 11 is 0. The zero-order chi connectivity index (χ0) is 24.1. The third-order valence-corrected chi connectivity index (χ3v) is 7.07. The van der Waals surface area contributed by atoms with E-state index in [1.54, 1.807) is 23.2 Å². The lowest BCUT2D eigenvalue weighted by Gasteiger charge is -2.33. The number of carbonyl (C=O) groups is 1. The number of carbonyl (C=O) groups excluding carboxylic acids is 1. The Morgan fingerprint density at radius 3 is 2.33 bits per heavy atom. The van der Waals surface area contributed by atoms with Crippen molar-refractivity contribution in [2.45, 2.75) is 44.1 Å². The van der Waals surface area contributed by atoms with Crippen LogP contribution in [0, 0.1) is 5.92 Å². The number of nitrogens with zero attached hydrogens (tertiary/aromatic N) is 2. The third kappa shape index (κ3) is 7.17. The van der Waals surface area contributed by atoms with Crippen LogP contribution in [0.5, 0.6) is 5.75 Å². The molecule has 33 heavy (non-hydrogen) atoms. The molecule has 3 rings (SSSR count). The van der Waals surface area contributed by atoms with Crippen LogP contribution in [-0.4, -0.2) is 67.2 Å². The van der Waals surface area contributed by atoms with E-state index in [1.165, 1.54) is 12.1 Å². The summed E-state index contributed by atoms with van der Waals surface area (Å²) in [5.74, 6) is 0.726. The molecule has 2 aromatic rings. The number of hydrogen-bond donors (Lipinski definition) is 1. The van der Waals surface area contributed by atoms with Gasteiger partial charge in [-0.05, 0) is 63.8 Å². The van der Waals surface area contributed by atoms with E-state index in [1.807, 2.05) is 32.9 Å². The molecule has 1 amide bonds. The highest BCUT2D eigenvalue weighted by atomic mass is 32.2. The van der Waals surface area contributed by atoms with E-state index < -0.39 is 22.0 Å². The van der Waals surface area contributed by atoms with Gasteiger partial charge in [0, 0.05) is 18.7 Å². The molecule has 1 saturated heterocycles. The second kappa shape index (κ2) is 10.5. The summed E-state index contributed by atoms with van der Waals surface area (Å²) in [6, 6.07) is 10.1. The van der Waals surface area contributed by atoms with E-state index in [4.69, 9.17) is 14.6 Å². The van der Waals surface area contributed by atoms with E-state index in [9.17, 15) is 13.2 Å². The zero-order valence-electron chi connectivity index (χ0n) is 19.4. The van der Waals surface area contributed by atoms with Crippen LogP contribution in [0.25, 0.3) is 11.3 Å². The Hall–Kier alpha value is -2.65. The van der Waals surface area contributed by atoms with Gasteiger partial charge in [0.2, 0.25) is 0 Å². The fraction of sp³-hybridized carbons (Fsp3) is 0.500. The highest BCUT2D eigenvalue weighted by molar-refractivity contribution is 7.91. The first-order chi connectivity index (χ1) is 15.6. The quantitative estimate of drug-likeness (QED) is 0.651. The number of aliphatic hydroxyl groups excluding tert-OH is 1. The fourth-order valence-corrected chi connectivity index (χ4v) is 4.56. The molecule has 1 aliphatic rings. The Labute approximate surface area is 195 Å². The van der Waals surface area contributed by atoms with Crippen molar-refractivity contribution in [3.63, 3.8) is 0 Å². The lowest BCUT2D eigenvalue weighted by atomic mass is 9.98. The standard InChI is InChI=1S/C24H32N2O6S/c1-24(2,3)32-23(28)26-12-10-18(11-13-26)17-31-20-6-9-22(25-16-20)19-4-7-21(8-5-19)33(29,30)15-14-27/h4-9,16,18,27H,10-15,17H2,1-3H3. The molecular weight excluding hydrogens is 444 g/mol. The largest absolute Gasteiger partial charge is 0.492 e. The minimum Gasteiger partial charge on any atom is -0.492 e. The molecule has 180 valence electrons. The maximum Gasteiger partial charge on any atom is 0.410 e. The molecule has 0 saturated carbocycles. The van der Waals surface area contributed by atoms with Crippen LogP contribution in [0.2, 0.25) is 0 Å². The Morgan fingerprint density at radius 2 is 1.79 bits per heavy atom. The molecule has 0 bridgehead atoms. The van der Waals surface area contributed by atoms with Gasteiger partial charge in [-0.1, -0.05) is 12.1 Å². The van der Waals surface area contributed by atoms with Crippen molar-refractivity contribution < 1.29 is 27.8 Å². The summed E-state index contributed by atoms with van der Waals surface area (Å²) in [4.78, 5) is 18.5. The molecule has 2 heterocycles. The van der Waals surface area contributed by atoms with Crippen LogP contribution in [0.4, 0.5) is 4.79 Å². The smallest absolute Gasteiger partial charge is 0.410 e. The molecule has 0 aliphatic carbocycles. The number of pyridine rings is 1. The average molecular weight is 477 g/mol. The number of benzene rings is 1. The molecule has 1 aromatic carbocycles. The molecular formula is C24H32N2O6S. The Kier molecular flexibility index (Phi) is 7.97. The number of ether oxygens (including phenoxy) is 2. The summed E-state index contributed by atoms with van der Waals surface area (Å²) in [5.41, 5.74) is 1.01. The number of rotatable bonds is 7. The number of likely N-dealkylation sites (tertiary alicyclic amines) is 1. The SMILES string of the molecule is CC(C)(C)OC(=O)N1CCC(COc2ccc(-c3ccc(S(=O)(=O)CCO)cc3)nc2)CC1. The molecule has 1 fully saturated rings. The van der Waals surface area contributed by atoms with E-state index in [0.29, 0.717) is 37.1 Å². The third-order valence-electron chi connectivity index (χ3n) is 5.36. The van der Waals surface area contributed by atoms with Crippen molar-refractivity contribution in [1.82, 2.24) is 9.88 Å². The van der Waals surface area contributed by atoms with Gasteiger partial charge in [-0.25, -0.2) is 13.2 Å². The topological polar surface area (TPSA) is 106 Å². The van der Waals surface area contributed by atoms with Crippen molar-refractivity contribution in [1.29, 1.82) is 0 Å². The van der Waals surface area contributed by atoms with Gasteiger partial charge < -0.3 is 19.5 Å². The first kappa shape index (κ1) is 25.0. The van der Waals surface area contributed by atoms with Crippen LogP contribution in [-0.2, 0) is 14.6 Å². The summed E-state index contributed by atoms with van der Waals surface area (Å²) in [5, 5.41) is 8.90. The lowest BCUT2D eigenvalue weighted by Crippen LogP contribution is -2.42. The second-order valence-corrected chi connectivity index (χ2v) is 11.3. The Bertz CT molecular complexity index is 1020. The minimum atomic E-state index is -3.47. The van der Waals surface area contributed by atoms with Crippen LogP contribution in [0.3, 0.4) is 0 Å². The van der Waals surface area contributed by atoms with E-state index in [2.05, 4.69) is 4.98 Å². The molecule has 1 aromatic heterocycles. The normalized spacial score (nSPS) is 15.3. The molecule has 0 radical (unpaired) electrons. The van der Waals surface area contributed by atoms with Crippen LogP contribution in [0.15, 0.2) is 47.5 Å². The zero-order valence-corrected chi connectivity index (χ0v) is 20.2. The van der Waals surface area contributed by atoms with Crippen LogP contribution >= 0.6 is 0 Å². The van der Waals surface area contributed by atoms with Gasteiger partial charge in [0.15, 0.2) is 9.84 Å². The highest BCUT2D eigenvalue weighted by Gasteiger charge is 2.27. The van der Waals surface area contributed by atoms with E-state index in [-0.39, 0.29) is 16.7 Å². The minimum absolute atomic E-state index is 0.179. The van der Waals surface area contributed by atoms with Gasteiger partial charge in [-0.15, -0.1) is 0 Å². The first-order valence-electron chi connectivity index (χ1n) is 11.1. The van der Waals surface area contributed by atoms with Crippen molar-refractivity contribution in [2.75, 3.05) is 32.1 Å². The second-order valence-electron chi connectivity index (χ2n) is 9.17. The van der Waals surface area contributed by atoms with Crippen molar-refractivity contribution in [3.05, 3.63) is 42.6 Å². The highest BCUT2D eigenvalue weighted by Crippen LogP contribution is 2.24. The molecule has 0 unspecified atom stereocenters. The first-order valence-corrected chi connectivity index (χ1v) is 12.7. The predicted molar refractivity (Wildman–Crippen MR) is 125 cm³/mol. The number of hydrogen-bond acceptors (Lipinski definition) is 7. The summed E-state index contributed by atoms with van der Waals surface area (Å²) in [7, 11) is -3.47. The molecule has 0 spiro atoms. The number of aromatic nitrogens is 1. The molecule has 1 aliphatic heterocycles. The molecule has 1 N–H and O–H groups in total. The van der Waals surface area contributed by atoms with E-state index >= 15 is 0 Å². The molecule has 9 heteroatoms. The maximum atomic E-state index is 12.2. The van der Waals surface area contributed by atoms with E-state index in [0.717, 1.165) is 18.4 Å². The number of aliphatic hydroxyl groups is 1. The predicted octanol–water partition coefficient (Wildman–Crippen LogP) is 3.54. The van der Waals surface area contributed by atoms with Crippen molar-refractivity contribution in [2.24, 2.45) is 5.92 Å². The van der Waals surface area contributed by atoms with Crippen LogP contribution in [0.1, 0.15) is 33.6 Å². The lowest BCUT2D eigenvalue weighted by molar-refractivity contribution is 0.0165. The average Bonchev–Trinajstić information content (AvgIpc) is 2.77. The van der Waals surface area contributed by atoms with Crippen molar-refractivity contribution >= 4 is 15.9 Å². The number of amides is 1. The van der Waals surface area contributed by atoms with Gasteiger partial charge in [-0.3, -0.25) is 4.98 Å². The molecule has 8 nitrogen and oxygen atoms in total. The number of sulfone groups is 1. The summed E-state index contributed by atoms with van der Waals surface area (Å²) in [6.07, 6.45) is 3.11. The van der Waals surface area contributed by atoms with Gasteiger partial charge in [-0.2, -0.15) is 0 Å². The molecule has 0 atom stereocenters. The maximum absolute atomic E-state index is 12.2. The van der Waals surface area contributed by atoms with Gasteiger partial charge in [0.25, 0.3) is 0 Å². The fourth-order valence-electron chi connectivity index (χ4n) is 3.53. The summed E-state index contributed by atoms with van der Waals surface area (Å²) in [6.45, 7) is 7.06. The van der Waals surface area contributed by atoms with Gasteiger partial charge >= 0.3 is 6.09 Å². The Balaban J connectivity index is 1.49.